The second-order valence-electron chi connectivity index (χ2n) is 6.07. The number of carbonyl (C=O) groups excluding carboxylic acids is 2. The fourth-order valence-electron chi connectivity index (χ4n) is 2.37. The van der Waals surface area contributed by atoms with Crippen molar-refractivity contribution in [3.8, 4) is 0 Å². The van der Waals surface area contributed by atoms with Crippen molar-refractivity contribution in [2.24, 2.45) is 5.92 Å². The molecule has 108 valence electrons. The number of aliphatic hydroxyl groups is 1. The molecule has 0 spiro atoms. The van der Waals surface area contributed by atoms with Gasteiger partial charge in [-0.3, -0.25) is 9.59 Å². The van der Waals surface area contributed by atoms with Crippen molar-refractivity contribution >= 4 is 11.8 Å². The number of aliphatic hydroxyl groups excluding tert-OH is 1. The van der Waals surface area contributed by atoms with Gasteiger partial charge in [-0.2, -0.15) is 0 Å². The quantitative estimate of drug-likeness (QED) is 0.743. The molecule has 2 atom stereocenters. The molecule has 0 aromatic rings. The minimum atomic E-state index is -0.866. The lowest BCUT2D eigenvalue weighted by Gasteiger charge is -2.32. The van der Waals surface area contributed by atoms with Gasteiger partial charge in [0.05, 0.1) is 6.10 Å². The first-order valence-corrected chi connectivity index (χ1v) is 7.22. The number of nitrogens with one attached hydrogen (secondary N) is 1. The van der Waals surface area contributed by atoms with E-state index in [4.69, 9.17) is 0 Å². The summed E-state index contributed by atoms with van der Waals surface area (Å²) in [6.45, 7) is 5.50. The normalized spacial score (nSPS) is 21.9. The van der Waals surface area contributed by atoms with Gasteiger partial charge in [-0.25, -0.2) is 0 Å². The largest absolute Gasteiger partial charge is 0.391 e. The van der Waals surface area contributed by atoms with Gasteiger partial charge in [-0.15, -0.1) is 0 Å². The molecule has 2 fully saturated rings. The van der Waals surface area contributed by atoms with Crippen molar-refractivity contribution < 1.29 is 14.7 Å². The van der Waals surface area contributed by atoms with E-state index in [9.17, 15) is 14.7 Å². The fourth-order valence-corrected chi connectivity index (χ4v) is 2.37. The van der Waals surface area contributed by atoms with Crippen LogP contribution in [0.15, 0.2) is 0 Å². The molecule has 2 aliphatic carbocycles. The van der Waals surface area contributed by atoms with Crippen LogP contribution in [0.1, 0.15) is 46.5 Å². The number of amides is 2. The first kappa shape index (κ1) is 14.3. The second-order valence-corrected chi connectivity index (χ2v) is 6.07. The molecule has 0 saturated heterocycles. The maximum Gasteiger partial charge on any atom is 0.248 e. The average Bonchev–Trinajstić information content (AvgIpc) is 3.13. The molecule has 2 aliphatic rings. The fraction of sp³-hybridized carbons (Fsp3) is 0.857. The highest BCUT2D eigenvalue weighted by Crippen LogP contribution is 2.31. The van der Waals surface area contributed by atoms with Gasteiger partial charge in [0.25, 0.3) is 0 Å². The van der Waals surface area contributed by atoms with Crippen molar-refractivity contribution in [3.05, 3.63) is 0 Å². The molecular weight excluding hydrogens is 244 g/mol. The zero-order chi connectivity index (χ0) is 14.2. The standard InChI is InChI=1S/C14H24N2O3/c1-8(2)16(11-6-7-11)14(19)12(9(3)17)15-13(18)10-4-5-10/h8-12,17H,4-7H2,1-3H3,(H,15,18). The molecule has 2 unspecified atom stereocenters. The van der Waals surface area contributed by atoms with E-state index >= 15 is 0 Å². The summed E-state index contributed by atoms with van der Waals surface area (Å²) < 4.78 is 0. The Morgan fingerprint density at radius 3 is 2.11 bits per heavy atom. The van der Waals surface area contributed by atoms with Crippen LogP contribution in [0.4, 0.5) is 0 Å². The van der Waals surface area contributed by atoms with E-state index in [1.54, 1.807) is 6.92 Å². The summed E-state index contributed by atoms with van der Waals surface area (Å²) in [6.07, 6.45) is 2.96. The monoisotopic (exact) mass is 268 g/mol. The van der Waals surface area contributed by atoms with Crippen molar-refractivity contribution in [2.75, 3.05) is 0 Å². The number of hydrogen-bond donors (Lipinski definition) is 2. The van der Waals surface area contributed by atoms with Crippen molar-refractivity contribution in [1.82, 2.24) is 10.2 Å². The Labute approximate surface area is 114 Å². The summed E-state index contributed by atoms with van der Waals surface area (Å²) >= 11 is 0. The van der Waals surface area contributed by atoms with Crippen LogP contribution in [-0.2, 0) is 9.59 Å². The zero-order valence-corrected chi connectivity index (χ0v) is 11.9. The van der Waals surface area contributed by atoms with Gasteiger partial charge < -0.3 is 15.3 Å². The summed E-state index contributed by atoms with van der Waals surface area (Å²) in [5, 5.41) is 12.5. The summed E-state index contributed by atoms with van der Waals surface area (Å²) in [7, 11) is 0. The van der Waals surface area contributed by atoms with Crippen molar-refractivity contribution in [3.63, 3.8) is 0 Å². The third-order valence-corrected chi connectivity index (χ3v) is 3.75. The summed E-state index contributed by atoms with van der Waals surface area (Å²) in [5.74, 6) is -0.206. The second kappa shape index (κ2) is 5.49. The molecule has 2 N–H and O–H groups in total. The van der Waals surface area contributed by atoms with Crippen molar-refractivity contribution in [2.45, 2.75) is 70.7 Å². The number of hydrogen-bond acceptors (Lipinski definition) is 3. The molecule has 2 amide bonds. The molecule has 0 radical (unpaired) electrons. The smallest absolute Gasteiger partial charge is 0.248 e. The number of rotatable bonds is 6. The van der Waals surface area contributed by atoms with Gasteiger partial charge in [0.15, 0.2) is 0 Å². The van der Waals surface area contributed by atoms with E-state index in [1.807, 2.05) is 18.7 Å². The number of carbonyl (C=O) groups is 2. The molecule has 2 saturated carbocycles. The SMILES string of the molecule is CC(O)C(NC(=O)C1CC1)C(=O)N(C(C)C)C1CC1. The van der Waals surface area contributed by atoms with Gasteiger partial charge in [0, 0.05) is 18.0 Å². The molecule has 0 heterocycles. The highest BCUT2D eigenvalue weighted by Gasteiger charge is 2.40. The van der Waals surface area contributed by atoms with Gasteiger partial charge in [0.2, 0.25) is 11.8 Å². The molecular formula is C14H24N2O3. The first-order valence-electron chi connectivity index (χ1n) is 7.22. The van der Waals surface area contributed by atoms with E-state index < -0.39 is 12.1 Å². The third-order valence-electron chi connectivity index (χ3n) is 3.75. The topological polar surface area (TPSA) is 69.6 Å². The average molecular weight is 268 g/mol. The van der Waals surface area contributed by atoms with E-state index in [2.05, 4.69) is 5.32 Å². The van der Waals surface area contributed by atoms with Gasteiger partial charge in [-0.1, -0.05) is 0 Å². The predicted molar refractivity (Wildman–Crippen MR) is 71.3 cm³/mol. The van der Waals surface area contributed by atoms with Gasteiger partial charge in [-0.05, 0) is 46.5 Å². The highest BCUT2D eigenvalue weighted by molar-refractivity contribution is 5.90. The molecule has 5 heteroatoms. The Hall–Kier alpha value is -1.10. The lowest BCUT2D eigenvalue weighted by molar-refractivity contribution is -0.141. The van der Waals surface area contributed by atoms with Crippen LogP contribution in [0.2, 0.25) is 0 Å². The van der Waals surface area contributed by atoms with Crippen LogP contribution in [-0.4, -0.2) is 46.1 Å². The Morgan fingerprint density at radius 1 is 1.16 bits per heavy atom. The van der Waals surface area contributed by atoms with E-state index in [0.29, 0.717) is 0 Å². The van der Waals surface area contributed by atoms with Crippen LogP contribution in [0.3, 0.4) is 0 Å². The Kier molecular flexibility index (Phi) is 4.13. The summed E-state index contributed by atoms with van der Waals surface area (Å²) in [4.78, 5) is 26.2. The highest BCUT2D eigenvalue weighted by atomic mass is 16.3. The Bertz CT molecular complexity index is 358. The van der Waals surface area contributed by atoms with Gasteiger partial charge in [0.1, 0.15) is 6.04 Å². The maximum absolute atomic E-state index is 12.5. The zero-order valence-electron chi connectivity index (χ0n) is 11.9. The Morgan fingerprint density at radius 2 is 1.74 bits per heavy atom. The third kappa shape index (κ3) is 3.47. The minimum absolute atomic E-state index is 0.0440. The predicted octanol–water partition coefficient (Wildman–Crippen LogP) is 0.661. The minimum Gasteiger partial charge on any atom is -0.391 e. The molecule has 0 aliphatic heterocycles. The number of nitrogens with zero attached hydrogens (tertiary/aromatic N) is 1. The molecule has 0 bridgehead atoms. The molecule has 0 aromatic carbocycles. The molecule has 19 heavy (non-hydrogen) atoms. The molecule has 2 rings (SSSR count). The first-order chi connectivity index (χ1) is 8.91. The lowest BCUT2D eigenvalue weighted by atomic mass is 10.1. The van der Waals surface area contributed by atoms with Crippen LogP contribution >= 0.6 is 0 Å². The van der Waals surface area contributed by atoms with E-state index in [1.165, 1.54) is 0 Å². The van der Waals surface area contributed by atoms with E-state index in [-0.39, 0.29) is 29.8 Å². The van der Waals surface area contributed by atoms with E-state index in [0.717, 1.165) is 25.7 Å². The van der Waals surface area contributed by atoms with Crippen LogP contribution < -0.4 is 5.32 Å². The lowest BCUT2D eigenvalue weighted by Crippen LogP contribution is -2.56. The van der Waals surface area contributed by atoms with Crippen LogP contribution in [0.25, 0.3) is 0 Å². The molecule has 5 nitrogen and oxygen atoms in total. The van der Waals surface area contributed by atoms with Crippen LogP contribution in [0.5, 0.6) is 0 Å². The van der Waals surface area contributed by atoms with Crippen molar-refractivity contribution in [1.29, 1.82) is 0 Å². The summed E-state index contributed by atoms with van der Waals surface area (Å²) in [6, 6.07) is -0.429. The molecule has 0 aromatic heterocycles. The maximum atomic E-state index is 12.5. The van der Waals surface area contributed by atoms with Crippen LogP contribution in [0, 0.1) is 5.92 Å². The summed E-state index contributed by atoms with van der Waals surface area (Å²) in [5.41, 5.74) is 0. The van der Waals surface area contributed by atoms with Gasteiger partial charge >= 0.3 is 0 Å². The Balaban J connectivity index is 2.03.